The summed E-state index contributed by atoms with van der Waals surface area (Å²) in [6.45, 7) is 22.1. The molecule has 1 aromatic rings. The summed E-state index contributed by atoms with van der Waals surface area (Å²) < 4.78 is 6.75. The van der Waals surface area contributed by atoms with Gasteiger partial charge in [-0.25, -0.2) is 0 Å². The van der Waals surface area contributed by atoms with Crippen LogP contribution in [0, 0.1) is 28.1 Å². The number of Topliss-reactive ketones (excluding diaryl/α,β-unsaturated/α-hetero) is 3. The number of ether oxygens (including phenoxy) is 1. The lowest BCUT2D eigenvalue weighted by Crippen LogP contribution is -2.68. The van der Waals surface area contributed by atoms with E-state index < -0.39 is 39.7 Å². The highest BCUT2D eigenvalue weighted by Crippen LogP contribution is 2.68. The van der Waals surface area contributed by atoms with Gasteiger partial charge < -0.3 is 14.9 Å². The van der Waals surface area contributed by atoms with E-state index in [2.05, 4.69) is 12.7 Å². The van der Waals surface area contributed by atoms with Gasteiger partial charge in [-0.3, -0.25) is 14.4 Å². The summed E-state index contributed by atoms with van der Waals surface area (Å²) >= 11 is 0. The highest BCUT2D eigenvalue weighted by molar-refractivity contribution is 6.35. The third kappa shape index (κ3) is 5.20. The van der Waals surface area contributed by atoms with Gasteiger partial charge in [0.15, 0.2) is 28.8 Å². The van der Waals surface area contributed by atoms with Gasteiger partial charge in [-0.2, -0.15) is 0 Å². The van der Waals surface area contributed by atoms with Crippen molar-refractivity contribution in [1.29, 1.82) is 0 Å². The molecule has 1 saturated heterocycles. The maximum atomic E-state index is 15.3. The number of hydrogen-bond donors (Lipinski definition) is 2. The molecule has 3 aliphatic rings. The first-order chi connectivity index (χ1) is 20.4. The molecule has 0 unspecified atom stereocenters. The predicted molar refractivity (Wildman–Crippen MR) is 173 cm³/mol. The van der Waals surface area contributed by atoms with Crippen LogP contribution in [-0.2, 0) is 14.3 Å². The van der Waals surface area contributed by atoms with E-state index in [-0.39, 0.29) is 46.7 Å². The lowest BCUT2D eigenvalue weighted by Gasteiger charge is -2.63. The molecule has 0 amide bonds. The third-order valence-corrected chi connectivity index (χ3v) is 10.3. The van der Waals surface area contributed by atoms with Crippen LogP contribution in [0.25, 0.3) is 0 Å². The van der Waals surface area contributed by atoms with Gasteiger partial charge in [-0.05, 0) is 110 Å². The van der Waals surface area contributed by atoms with Crippen LogP contribution in [0.15, 0.2) is 76.6 Å². The quantitative estimate of drug-likeness (QED) is 0.102. The molecule has 5 atom stereocenters. The highest BCUT2D eigenvalue weighted by Gasteiger charge is 2.74. The molecule has 2 fully saturated rings. The van der Waals surface area contributed by atoms with Gasteiger partial charge in [0.05, 0.1) is 5.41 Å². The highest BCUT2D eigenvalue weighted by atomic mass is 16.5. The molecule has 6 nitrogen and oxygen atoms in total. The van der Waals surface area contributed by atoms with E-state index in [0.717, 1.165) is 28.4 Å². The van der Waals surface area contributed by atoms with Crippen molar-refractivity contribution in [3.8, 4) is 11.5 Å². The zero-order valence-corrected chi connectivity index (χ0v) is 27.8. The summed E-state index contributed by atoms with van der Waals surface area (Å²) in [5.41, 5.74) is 0.416. The Balaban J connectivity index is 2.13. The molecule has 1 aliphatic heterocycles. The molecule has 0 aromatic heterocycles. The van der Waals surface area contributed by atoms with Gasteiger partial charge >= 0.3 is 0 Å². The number of phenols is 2. The first kappa shape index (κ1) is 33.2. The lowest BCUT2D eigenvalue weighted by atomic mass is 9.39. The summed E-state index contributed by atoms with van der Waals surface area (Å²) in [6.07, 6.45) is 7.26. The van der Waals surface area contributed by atoms with Crippen LogP contribution < -0.4 is 0 Å². The van der Waals surface area contributed by atoms with Crippen LogP contribution in [0.5, 0.6) is 11.5 Å². The number of benzene rings is 1. The topological polar surface area (TPSA) is 101 Å². The predicted octanol–water partition coefficient (Wildman–Crippen LogP) is 8.37. The zero-order chi connectivity index (χ0) is 32.9. The maximum Gasteiger partial charge on any atom is 0.200 e. The smallest absolute Gasteiger partial charge is 0.200 e. The largest absolute Gasteiger partial charge is 0.504 e. The fraction of sp³-hybridized carbons (Fsp3) is 0.500. The monoisotopic (exact) mass is 600 g/mol. The number of fused-ring (bicyclic) bond motifs is 1. The van der Waals surface area contributed by atoms with E-state index in [1.165, 1.54) is 12.1 Å². The van der Waals surface area contributed by atoms with Gasteiger partial charge in [0.25, 0.3) is 0 Å². The van der Waals surface area contributed by atoms with Crippen LogP contribution in [0.1, 0.15) is 98.4 Å². The van der Waals surface area contributed by atoms with E-state index >= 15 is 9.59 Å². The second-order valence-electron chi connectivity index (χ2n) is 14.5. The summed E-state index contributed by atoms with van der Waals surface area (Å²) in [7, 11) is 0. The zero-order valence-electron chi connectivity index (χ0n) is 27.8. The molecule has 2 aliphatic carbocycles. The van der Waals surface area contributed by atoms with E-state index in [4.69, 9.17) is 4.74 Å². The summed E-state index contributed by atoms with van der Waals surface area (Å²) in [6, 6.07) is 3.78. The third-order valence-electron chi connectivity index (χ3n) is 10.3. The number of aromatic hydroxyl groups is 2. The number of carbonyl (C=O) groups is 3. The van der Waals surface area contributed by atoms with Crippen molar-refractivity contribution in [3.05, 3.63) is 82.2 Å². The number of hydrogen-bond acceptors (Lipinski definition) is 6. The molecule has 0 radical (unpaired) electrons. The Labute approximate surface area is 262 Å². The van der Waals surface area contributed by atoms with E-state index in [1.807, 2.05) is 74.5 Å². The maximum absolute atomic E-state index is 15.3. The fourth-order valence-electron chi connectivity index (χ4n) is 7.63. The van der Waals surface area contributed by atoms with Gasteiger partial charge in [-0.15, -0.1) is 0 Å². The number of carbonyl (C=O) groups excluding carboxylic acids is 3. The minimum absolute atomic E-state index is 0.0411. The molecule has 1 spiro atoms. The normalized spacial score (nSPS) is 28.8. The molecule has 4 rings (SSSR count). The Morgan fingerprint density at radius 1 is 0.955 bits per heavy atom. The average Bonchev–Trinajstić information content (AvgIpc) is 2.91. The number of phenolic OH excluding ortho intramolecular Hbond substituents is 2. The van der Waals surface area contributed by atoms with Crippen molar-refractivity contribution in [2.45, 2.75) is 94.1 Å². The minimum Gasteiger partial charge on any atom is -0.504 e. The van der Waals surface area contributed by atoms with Gasteiger partial charge in [0.2, 0.25) is 0 Å². The first-order valence-electron chi connectivity index (χ1n) is 15.6. The van der Waals surface area contributed by atoms with Crippen molar-refractivity contribution in [3.63, 3.8) is 0 Å². The van der Waals surface area contributed by atoms with E-state index in [1.54, 1.807) is 0 Å². The lowest BCUT2D eigenvalue weighted by molar-refractivity contribution is -0.179. The Kier molecular flexibility index (Phi) is 8.82. The number of rotatable bonds is 8. The second-order valence-corrected chi connectivity index (χ2v) is 14.5. The minimum atomic E-state index is -1.51. The molecule has 1 aromatic carbocycles. The number of ketones is 3. The van der Waals surface area contributed by atoms with Gasteiger partial charge in [0.1, 0.15) is 22.9 Å². The molecule has 236 valence electrons. The second kappa shape index (κ2) is 11.7. The van der Waals surface area contributed by atoms with Crippen LogP contribution in [0.2, 0.25) is 0 Å². The Bertz CT molecular complexity index is 1540. The van der Waals surface area contributed by atoms with Crippen LogP contribution in [-0.4, -0.2) is 33.7 Å². The van der Waals surface area contributed by atoms with Crippen molar-refractivity contribution < 1.29 is 29.3 Å². The van der Waals surface area contributed by atoms with Crippen molar-refractivity contribution in [1.82, 2.24) is 0 Å². The Morgan fingerprint density at radius 3 is 2.14 bits per heavy atom. The molecular formula is C38H48O6. The van der Waals surface area contributed by atoms with Crippen LogP contribution in [0.4, 0.5) is 0 Å². The fourth-order valence-corrected chi connectivity index (χ4v) is 7.63. The summed E-state index contributed by atoms with van der Waals surface area (Å²) in [5, 5.41) is 20.2. The first-order valence-corrected chi connectivity index (χ1v) is 15.6. The molecule has 2 N–H and O–H groups in total. The molecule has 44 heavy (non-hydrogen) atoms. The molecule has 6 heteroatoms. The summed E-state index contributed by atoms with van der Waals surface area (Å²) in [4.78, 5) is 44.9. The molecule has 1 saturated carbocycles. The van der Waals surface area contributed by atoms with Crippen molar-refractivity contribution in [2.75, 3.05) is 0 Å². The Hall–Kier alpha value is -3.67. The molecule has 2 bridgehead atoms. The Morgan fingerprint density at radius 2 is 1.59 bits per heavy atom. The van der Waals surface area contributed by atoms with E-state index in [0.29, 0.717) is 19.3 Å². The SMILES string of the molecule is C=C(C)[C@@H]1C[C@]23C[C@H](CC=C(C)C)C(C)(C)[C@@](CC=C(C)C)(C(=O)C(C(=O)c4ccc(O)c(O)c4)=C2O[C@H]1C=C(C)C)C3=O. The van der Waals surface area contributed by atoms with Crippen LogP contribution >= 0.6 is 0 Å². The van der Waals surface area contributed by atoms with Crippen molar-refractivity contribution in [2.24, 2.45) is 28.1 Å². The molecule has 1 heterocycles. The number of allylic oxidation sites excluding steroid dienone is 7. The van der Waals surface area contributed by atoms with E-state index in [9.17, 15) is 15.0 Å². The average molecular weight is 601 g/mol. The van der Waals surface area contributed by atoms with Gasteiger partial charge in [0, 0.05) is 11.5 Å². The summed E-state index contributed by atoms with van der Waals surface area (Å²) in [5.74, 6) is -2.27. The van der Waals surface area contributed by atoms with Crippen LogP contribution in [0.3, 0.4) is 0 Å². The molecular weight excluding hydrogens is 552 g/mol. The van der Waals surface area contributed by atoms with Crippen molar-refractivity contribution >= 4 is 17.3 Å². The van der Waals surface area contributed by atoms with Gasteiger partial charge in [-0.1, -0.05) is 54.9 Å². The standard InChI is InChI=1S/C38H48O6/c1-21(2)11-13-26-19-37-20-27(24(7)8)30(17-23(5)6)44-34(37)31(32(41)25-12-14-28(39)29(40)18-25)33(42)38(35(37)43,36(26,9)10)16-15-22(3)4/h11-12,14-15,17-18,26-27,30,39-40H,7,13,16,19-20H2,1-6,8-10H3/t26-,27-,30-,37+,38-/m0/s1.